The highest BCUT2D eigenvalue weighted by atomic mass is 35.5. The highest BCUT2D eigenvalue weighted by Crippen LogP contribution is 2.29. The van der Waals surface area contributed by atoms with Gasteiger partial charge in [-0.1, -0.05) is 53.5 Å². The summed E-state index contributed by atoms with van der Waals surface area (Å²) in [5, 5.41) is 6.79. The van der Waals surface area contributed by atoms with Crippen LogP contribution < -0.4 is 0 Å². The summed E-state index contributed by atoms with van der Waals surface area (Å²) in [6.07, 6.45) is 0. The minimum Gasteiger partial charge on any atom is -0.268 e. The molecule has 0 aliphatic heterocycles. The van der Waals surface area contributed by atoms with Crippen LogP contribution in [0.5, 0.6) is 0 Å². The van der Waals surface area contributed by atoms with Crippen molar-refractivity contribution in [1.82, 2.24) is 14.8 Å². The van der Waals surface area contributed by atoms with E-state index in [4.69, 9.17) is 35.4 Å². The summed E-state index contributed by atoms with van der Waals surface area (Å²) in [6, 6.07) is 12.4. The van der Waals surface area contributed by atoms with E-state index >= 15 is 0 Å². The lowest BCUT2D eigenvalue weighted by Crippen LogP contribution is -1.99. The molecule has 2 aromatic carbocycles. The summed E-state index contributed by atoms with van der Waals surface area (Å²) in [6.45, 7) is 0. The SMILES string of the molecule is Fc1c(Cl)cc(-n2c(-c3ccccc3)n[nH]c2=S)cc1Cl. The standard InChI is InChI=1S/C14H8Cl2FN3S/c15-10-6-9(7-11(16)12(10)17)20-13(18-19-14(20)21)8-4-2-1-3-5-8/h1-7H,(H,19,21). The summed E-state index contributed by atoms with van der Waals surface area (Å²) in [5.74, 6) is -0.0577. The molecule has 3 aromatic rings. The fourth-order valence-electron chi connectivity index (χ4n) is 1.99. The van der Waals surface area contributed by atoms with E-state index in [-0.39, 0.29) is 10.0 Å². The number of aromatic amines is 1. The van der Waals surface area contributed by atoms with Gasteiger partial charge in [0.15, 0.2) is 16.4 Å². The topological polar surface area (TPSA) is 33.6 Å². The zero-order valence-electron chi connectivity index (χ0n) is 10.5. The minimum atomic E-state index is -0.654. The summed E-state index contributed by atoms with van der Waals surface area (Å²) in [4.78, 5) is 0. The predicted molar refractivity (Wildman–Crippen MR) is 84.2 cm³/mol. The molecule has 3 rings (SSSR count). The Morgan fingerprint density at radius 2 is 1.71 bits per heavy atom. The zero-order valence-corrected chi connectivity index (χ0v) is 12.8. The van der Waals surface area contributed by atoms with Crippen molar-refractivity contribution in [3.63, 3.8) is 0 Å². The first-order chi connectivity index (χ1) is 10.1. The number of aromatic nitrogens is 3. The summed E-state index contributed by atoms with van der Waals surface area (Å²) < 4.78 is 15.6. The van der Waals surface area contributed by atoms with Gasteiger partial charge in [-0.3, -0.25) is 9.67 Å². The van der Waals surface area contributed by atoms with E-state index in [9.17, 15) is 4.39 Å². The molecular weight excluding hydrogens is 332 g/mol. The van der Waals surface area contributed by atoms with Gasteiger partial charge in [-0.05, 0) is 24.4 Å². The van der Waals surface area contributed by atoms with Crippen LogP contribution in [-0.2, 0) is 0 Å². The molecule has 106 valence electrons. The number of halogens is 3. The van der Waals surface area contributed by atoms with Crippen LogP contribution in [0.3, 0.4) is 0 Å². The summed E-state index contributed by atoms with van der Waals surface area (Å²) >= 11 is 16.9. The quantitative estimate of drug-likeness (QED) is 0.524. The Morgan fingerprint density at radius 3 is 2.33 bits per heavy atom. The maximum absolute atomic E-state index is 13.6. The molecule has 1 heterocycles. The van der Waals surface area contributed by atoms with Crippen LogP contribution in [0.25, 0.3) is 17.1 Å². The molecule has 0 fully saturated rings. The second kappa shape index (κ2) is 5.60. The molecule has 0 unspecified atom stereocenters. The fraction of sp³-hybridized carbons (Fsp3) is 0. The van der Waals surface area contributed by atoms with Crippen molar-refractivity contribution in [2.75, 3.05) is 0 Å². The highest BCUT2D eigenvalue weighted by molar-refractivity contribution is 7.71. The molecule has 0 saturated heterocycles. The first-order valence-electron chi connectivity index (χ1n) is 5.95. The Labute approximate surface area is 135 Å². The number of hydrogen-bond acceptors (Lipinski definition) is 2. The zero-order chi connectivity index (χ0) is 15.0. The third kappa shape index (κ3) is 2.60. The van der Waals surface area contributed by atoms with Gasteiger partial charge in [0, 0.05) is 5.56 Å². The second-order valence-electron chi connectivity index (χ2n) is 4.28. The second-order valence-corrected chi connectivity index (χ2v) is 5.48. The number of nitrogens with one attached hydrogen (secondary N) is 1. The van der Waals surface area contributed by atoms with Crippen LogP contribution in [0.1, 0.15) is 0 Å². The van der Waals surface area contributed by atoms with Crippen LogP contribution in [0, 0.1) is 10.6 Å². The van der Waals surface area contributed by atoms with Crippen LogP contribution in [-0.4, -0.2) is 14.8 Å². The molecule has 0 aliphatic carbocycles. The van der Waals surface area contributed by atoms with E-state index in [1.807, 2.05) is 30.3 Å². The molecule has 1 aromatic heterocycles. The van der Waals surface area contributed by atoms with Crippen LogP contribution >= 0.6 is 35.4 Å². The van der Waals surface area contributed by atoms with Gasteiger partial charge < -0.3 is 0 Å². The normalized spacial score (nSPS) is 10.8. The lowest BCUT2D eigenvalue weighted by atomic mass is 10.2. The molecule has 7 heteroatoms. The van der Waals surface area contributed by atoms with E-state index in [2.05, 4.69) is 10.2 Å². The number of benzene rings is 2. The van der Waals surface area contributed by atoms with E-state index in [0.717, 1.165) is 5.56 Å². The maximum Gasteiger partial charge on any atom is 0.200 e. The molecule has 0 atom stereocenters. The van der Waals surface area contributed by atoms with E-state index in [1.54, 1.807) is 4.57 Å². The predicted octanol–water partition coefficient (Wildman–Crippen LogP) is 5.04. The molecule has 0 aliphatic rings. The fourth-order valence-corrected chi connectivity index (χ4v) is 2.70. The molecule has 0 saturated carbocycles. The van der Waals surface area contributed by atoms with Crippen molar-refractivity contribution in [3.8, 4) is 17.1 Å². The summed E-state index contributed by atoms with van der Waals surface area (Å²) in [7, 11) is 0. The van der Waals surface area contributed by atoms with Gasteiger partial charge >= 0.3 is 0 Å². The highest BCUT2D eigenvalue weighted by Gasteiger charge is 2.14. The van der Waals surface area contributed by atoms with Gasteiger partial charge in [-0.25, -0.2) is 4.39 Å². The van der Waals surface area contributed by atoms with Gasteiger partial charge in [-0.15, -0.1) is 0 Å². The molecule has 3 nitrogen and oxygen atoms in total. The average molecular weight is 340 g/mol. The lowest BCUT2D eigenvalue weighted by Gasteiger charge is -2.09. The smallest absolute Gasteiger partial charge is 0.200 e. The molecule has 0 radical (unpaired) electrons. The first kappa shape index (κ1) is 14.3. The van der Waals surface area contributed by atoms with E-state index < -0.39 is 5.82 Å². The molecule has 1 N–H and O–H groups in total. The van der Waals surface area contributed by atoms with E-state index in [0.29, 0.717) is 16.3 Å². The van der Waals surface area contributed by atoms with Crippen molar-refractivity contribution in [2.24, 2.45) is 0 Å². The number of hydrogen-bond donors (Lipinski definition) is 1. The summed E-state index contributed by atoms with van der Waals surface area (Å²) in [5.41, 5.74) is 1.41. The maximum atomic E-state index is 13.6. The Bertz CT molecular complexity index is 835. The van der Waals surface area contributed by atoms with Crippen LogP contribution in [0.4, 0.5) is 4.39 Å². The number of H-pyrrole nitrogens is 1. The van der Waals surface area contributed by atoms with Crippen molar-refractivity contribution in [1.29, 1.82) is 0 Å². The Balaban J connectivity index is 2.25. The lowest BCUT2D eigenvalue weighted by molar-refractivity contribution is 0.628. The Kier molecular flexibility index (Phi) is 3.80. The van der Waals surface area contributed by atoms with Gasteiger partial charge in [0.25, 0.3) is 0 Å². The monoisotopic (exact) mass is 339 g/mol. The van der Waals surface area contributed by atoms with Crippen molar-refractivity contribution in [2.45, 2.75) is 0 Å². The molecule has 0 amide bonds. The third-order valence-corrected chi connectivity index (χ3v) is 3.76. The number of rotatable bonds is 2. The first-order valence-corrected chi connectivity index (χ1v) is 7.12. The molecule has 0 bridgehead atoms. The van der Waals surface area contributed by atoms with Gasteiger partial charge in [0.05, 0.1) is 15.7 Å². The minimum absolute atomic E-state index is 0.0698. The molecule has 21 heavy (non-hydrogen) atoms. The largest absolute Gasteiger partial charge is 0.268 e. The van der Waals surface area contributed by atoms with Crippen LogP contribution in [0.15, 0.2) is 42.5 Å². The Hall–Kier alpha value is -1.69. The Morgan fingerprint density at radius 1 is 1.10 bits per heavy atom. The molecular formula is C14H8Cl2FN3S. The molecule has 0 spiro atoms. The third-order valence-electron chi connectivity index (χ3n) is 2.93. The van der Waals surface area contributed by atoms with Crippen LogP contribution in [0.2, 0.25) is 10.0 Å². The van der Waals surface area contributed by atoms with Crippen molar-refractivity contribution >= 4 is 35.4 Å². The average Bonchev–Trinajstić information content (AvgIpc) is 2.87. The van der Waals surface area contributed by atoms with Gasteiger partial charge in [0.2, 0.25) is 0 Å². The van der Waals surface area contributed by atoms with Crippen molar-refractivity contribution < 1.29 is 4.39 Å². The number of nitrogens with zero attached hydrogens (tertiary/aromatic N) is 2. The van der Waals surface area contributed by atoms with Gasteiger partial charge in [0.1, 0.15) is 0 Å². The van der Waals surface area contributed by atoms with Crippen molar-refractivity contribution in [3.05, 3.63) is 63.1 Å². The van der Waals surface area contributed by atoms with Gasteiger partial charge in [-0.2, -0.15) is 5.10 Å². The van der Waals surface area contributed by atoms with E-state index in [1.165, 1.54) is 12.1 Å².